The molecule has 0 unspecified atom stereocenters. The quantitative estimate of drug-likeness (QED) is 0.681. The Hall–Kier alpha value is -0.180. The highest BCUT2D eigenvalue weighted by Gasteiger charge is 2.26. The van der Waals surface area contributed by atoms with Gasteiger partial charge < -0.3 is 0 Å². The molecule has 2 rings (SSSR count). The molecule has 1 aliphatic rings. The van der Waals surface area contributed by atoms with Crippen molar-refractivity contribution >= 4 is 40.7 Å². The molecule has 68 valence electrons. The van der Waals surface area contributed by atoms with Crippen molar-refractivity contribution in [1.29, 1.82) is 0 Å². The number of benzene rings is 1. The number of rotatable bonds is 0. The molecule has 0 spiro atoms. The fourth-order valence-electron chi connectivity index (χ4n) is 1.38. The Bertz CT molecular complexity index is 401. The van der Waals surface area contributed by atoms with Crippen LogP contribution in [0.2, 0.25) is 10.0 Å². The van der Waals surface area contributed by atoms with E-state index < -0.39 is 0 Å². The second kappa shape index (κ2) is 3.19. The van der Waals surface area contributed by atoms with Crippen molar-refractivity contribution in [2.24, 2.45) is 0 Å². The van der Waals surface area contributed by atoms with Gasteiger partial charge in [0.05, 0.1) is 10.8 Å². The number of hydrogen-bond donors (Lipinski definition) is 0. The Morgan fingerprint density at radius 2 is 2.08 bits per heavy atom. The summed E-state index contributed by atoms with van der Waals surface area (Å²) in [7, 11) is 0. The van der Waals surface area contributed by atoms with Crippen LogP contribution in [0.15, 0.2) is 11.0 Å². The lowest BCUT2D eigenvalue weighted by Gasteiger charge is -2.05. The van der Waals surface area contributed by atoms with Crippen molar-refractivity contribution in [3.63, 3.8) is 0 Å². The van der Waals surface area contributed by atoms with Crippen molar-refractivity contribution in [2.75, 3.05) is 5.75 Å². The summed E-state index contributed by atoms with van der Waals surface area (Å²) in [5.74, 6) is 0.609. The van der Waals surface area contributed by atoms with Gasteiger partial charge in [-0.1, -0.05) is 23.2 Å². The zero-order chi connectivity index (χ0) is 9.59. The minimum atomic E-state index is 0.127. The molecule has 1 aliphatic heterocycles. The van der Waals surface area contributed by atoms with E-state index in [-0.39, 0.29) is 5.78 Å². The molecule has 0 bridgehead atoms. The average molecular weight is 233 g/mol. The fraction of sp³-hybridized carbons (Fsp3) is 0.222. The molecule has 0 atom stereocenters. The molecule has 0 aromatic heterocycles. The Kier molecular flexibility index (Phi) is 2.30. The van der Waals surface area contributed by atoms with E-state index in [1.165, 1.54) is 11.8 Å². The van der Waals surface area contributed by atoms with Gasteiger partial charge in [0, 0.05) is 15.5 Å². The van der Waals surface area contributed by atoms with E-state index >= 15 is 0 Å². The first kappa shape index (κ1) is 9.38. The molecular formula is C9H6Cl2OS. The maximum Gasteiger partial charge on any atom is 0.174 e. The van der Waals surface area contributed by atoms with Crippen molar-refractivity contribution in [3.8, 4) is 0 Å². The van der Waals surface area contributed by atoms with Gasteiger partial charge in [0.1, 0.15) is 0 Å². The molecule has 0 aliphatic carbocycles. The average Bonchev–Trinajstić information content (AvgIpc) is 2.44. The van der Waals surface area contributed by atoms with E-state index in [1.807, 2.05) is 6.92 Å². The number of thioether (sulfide) groups is 1. The molecule has 4 heteroatoms. The third kappa shape index (κ3) is 1.37. The van der Waals surface area contributed by atoms with Crippen molar-refractivity contribution < 1.29 is 4.79 Å². The van der Waals surface area contributed by atoms with E-state index in [1.54, 1.807) is 6.07 Å². The van der Waals surface area contributed by atoms with Crippen LogP contribution in [0.4, 0.5) is 0 Å². The van der Waals surface area contributed by atoms with Gasteiger partial charge >= 0.3 is 0 Å². The number of halogens is 2. The zero-order valence-electron chi connectivity index (χ0n) is 6.86. The van der Waals surface area contributed by atoms with E-state index in [2.05, 4.69) is 0 Å². The maximum atomic E-state index is 11.5. The molecule has 0 saturated carbocycles. The zero-order valence-corrected chi connectivity index (χ0v) is 9.19. The minimum Gasteiger partial charge on any atom is -0.293 e. The number of carbonyl (C=O) groups excluding carboxylic acids is 1. The second-order valence-corrected chi connectivity index (χ2v) is 4.68. The number of Topliss-reactive ketones (excluding diaryl/α,β-unsaturated/α-hetero) is 1. The van der Waals surface area contributed by atoms with Crippen LogP contribution in [0, 0.1) is 6.92 Å². The summed E-state index contributed by atoms with van der Waals surface area (Å²) in [4.78, 5) is 12.3. The van der Waals surface area contributed by atoms with Gasteiger partial charge in [-0.05, 0) is 18.6 Å². The molecule has 13 heavy (non-hydrogen) atoms. The van der Waals surface area contributed by atoms with Crippen LogP contribution in [0.3, 0.4) is 0 Å². The van der Waals surface area contributed by atoms with Crippen molar-refractivity contribution in [3.05, 3.63) is 27.2 Å². The van der Waals surface area contributed by atoms with Gasteiger partial charge in [0.2, 0.25) is 0 Å². The third-order valence-corrected chi connectivity index (χ3v) is 3.98. The minimum absolute atomic E-state index is 0.127. The summed E-state index contributed by atoms with van der Waals surface area (Å²) in [6.45, 7) is 1.85. The van der Waals surface area contributed by atoms with Crippen LogP contribution in [0.25, 0.3) is 0 Å². The third-order valence-electron chi connectivity index (χ3n) is 2.06. The predicted molar refractivity (Wildman–Crippen MR) is 56.3 cm³/mol. The fourth-order valence-corrected chi connectivity index (χ4v) is 3.04. The Morgan fingerprint density at radius 1 is 1.38 bits per heavy atom. The number of ketones is 1. The van der Waals surface area contributed by atoms with Crippen LogP contribution in [-0.2, 0) is 0 Å². The summed E-state index contributed by atoms with van der Waals surface area (Å²) < 4.78 is 0. The number of hydrogen-bond acceptors (Lipinski definition) is 2. The highest BCUT2D eigenvalue weighted by atomic mass is 35.5. The van der Waals surface area contributed by atoms with Gasteiger partial charge in [-0.15, -0.1) is 11.8 Å². The lowest BCUT2D eigenvalue weighted by Crippen LogP contribution is -1.98. The van der Waals surface area contributed by atoms with Gasteiger partial charge in [-0.25, -0.2) is 0 Å². The molecule has 0 amide bonds. The first-order valence-corrected chi connectivity index (χ1v) is 5.50. The molecule has 1 nitrogen and oxygen atoms in total. The highest BCUT2D eigenvalue weighted by Crippen LogP contribution is 2.41. The molecule has 0 fully saturated rings. The topological polar surface area (TPSA) is 17.1 Å². The molecule has 1 aromatic rings. The maximum absolute atomic E-state index is 11.5. The standard InChI is InChI=1S/C9H6Cl2OS/c1-4-5(10)2-6(11)9-8(4)7(12)3-13-9/h2H,3H2,1H3. The number of carbonyl (C=O) groups is 1. The lowest BCUT2D eigenvalue weighted by molar-refractivity contribution is 0.102. The van der Waals surface area contributed by atoms with Crippen LogP contribution in [0.5, 0.6) is 0 Å². The molecule has 1 heterocycles. The van der Waals surface area contributed by atoms with Gasteiger partial charge in [-0.3, -0.25) is 4.79 Å². The monoisotopic (exact) mass is 232 g/mol. The predicted octanol–water partition coefficient (Wildman–Crippen LogP) is 3.59. The summed E-state index contributed by atoms with van der Waals surface area (Å²) in [5.41, 5.74) is 1.55. The Balaban J connectivity index is 2.77. The van der Waals surface area contributed by atoms with Gasteiger partial charge in [0.15, 0.2) is 5.78 Å². The van der Waals surface area contributed by atoms with E-state index in [9.17, 15) is 4.79 Å². The van der Waals surface area contributed by atoms with E-state index in [0.29, 0.717) is 21.4 Å². The van der Waals surface area contributed by atoms with Gasteiger partial charge in [0.25, 0.3) is 0 Å². The van der Waals surface area contributed by atoms with E-state index in [4.69, 9.17) is 23.2 Å². The normalized spacial score (nSPS) is 14.8. The van der Waals surface area contributed by atoms with Crippen molar-refractivity contribution in [2.45, 2.75) is 11.8 Å². The largest absolute Gasteiger partial charge is 0.293 e. The van der Waals surface area contributed by atoms with Gasteiger partial charge in [-0.2, -0.15) is 0 Å². The molecule has 0 N–H and O–H groups in total. The molecule has 1 aromatic carbocycles. The smallest absolute Gasteiger partial charge is 0.174 e. The highest BCUT2D eigenvalue weighted by molar-refractivity contribution is 8.00. The molecule has 0 saturated heterocycles. The van der Waals surface area contributed by atoms with Crippen LogP contribution >= 0.6 is 35.0 Å². The van der Waals surface area contributed by atoms with Crippen LogP contribution < -0.4 is 0 Å². The van der Waals surface area contributed by atoms with Crippen LogP contribution in [0.1, 0.15) is 15.9 Å². The summed E-state index contributed by atoms with van der Waals surface area (Å²) in [6, 6.07) is 1.70. The Morgan fingerprint density at radius 3 is 2.77 bits per heavy atom. The van der Waals surface area contributed by atoms with E-state index in [0.717, 1.165) is 10.5 Å². The summed E-state index contributed by atoms with van der Waals surface area (Å²) in [5, 5.41) is 1.15. The first-order chi connectivity index (χ1) is 6.11. The molecule has 0 radical (unpaired) electrons. The molecular weight excluding hydrogens is 227 g/mol. The summed E-state index contributed by atoms with van der Waals surface area (Å²) >= 11 is 13.4. The second-order valence-electron chi connectivity index (χ2n) is 2.88. The van der Waals surface area contributed by atoms with Crippen LogP contribution in [-0.4, -0.2) is 11.5 Å². The Labute approximate surface area is 90.4 Å². The lowest BCUT2D eigenvalue weighted by atomic mass is 10.1. The van der Waals surface area contributed by atoms with Crippen molar-refractivity contribution in [1.82, 2.24) is 0 Å². The number of fused-ring (bicyclic) bond motifs is 1. The first-order valence-electron chi connectivity index (χ1n) is 3.76. The SMILES string of the molecule is Cc1c(Cl)cc(Cl)c2c1C(=O)CS2. The summed E-state index contributed by atoms with van der Waals surface area (Å²) in [6.07, 6.45) is 0.